The third-order valence-corrected chi connectivity index (χ3v) is 3.02. The highest BCUT2D eigenvalue weighted by molar-refractivity contribution is 5.65. The minimum Gasteiger partial charge on any atom is -0.287 e. The molecule has 0 saturated heterocycles. The second kappa shape index (κ2) is 9.42. The van der Waals surface area contributed by atoms with Gasteiger partial charge < -0.3 is 0 Å². The molecule has 19 heavy (non-hydrogen) atoms. The third-order valence-electron chi connectivity index (χ3n) is 3.02. The molecule has 0 aliphatic heterocycles. The summed E-state index contributed by atoms with van der Waals surface area (Å²) in [4.78, 5) is 20.4. The van der Waals surface area contributed by atoms with Gasteiger partial charge in [0.15, 0.2) is 5.75 Å². The smallest absolute Gasteiger partial charge is 0.287 e. The van der Waals surface area contributed by atoms with Gasteiger partial charge >= 0.3 is 5.97 Å². The summed E-state index contributed by atoms with van der Waals surface area (Å²) in [5.41, 5.74) is 1.10. The summed E-state index contributed by atoms with van der Waals surface area (Å²) in [5, 5.41) is 0. The van der Waals surface area contributed by atoms with Gasteiger partial charge in [-0.3, -0.25) is 9.78 Å². The minimum atomic E-state index is -0.436. The molecule has 0 amide bonds. The molecular formula is C16H24O3. The summed E-state index contributed by atoms with van der Waals surface area (Å²) in [6.07, 6.45) is 8.56. The van der Waals surface area contributed by atoms with Crippen LogP contribution in [0.1, 0.15) is 57.9 Å². The second-order valence-electron chi connectivity index (χ2n) is 4.78. The van der Waals surface area contributed by atoms with E-state index in [1.807, 2.05) is 24.3 Å². The third kappa shape index (κ3) is 6.85. The first kappa shape index (κ1) is 15.5. The highest BCUT2D eigenvalue weighted by Crippen LogP contribution is 2.21. The van der Waals surface area contributed by atoms with Crippen LogP contribution in [0.4, 0.5) is 0 Å². The second-order valence-corrected chi connectivity index (χ2v) is 4.78. The Bertz CT molecular complexity index is 374. The fourth-order valence-corrected chi connectivity index (χ4v) is 1.99. The van der Waals surface area contributed by atoms with Crippen molar-refractivity contribution in [2.75, 3.05) is 0 Å². The molecule has 0 aliphatic carbocycles. The van der Waals surface area contributed by atoms with Crippen molar-refractivity contribution in [1.29, 1.82) is 0 Å². The Morgan fingerprint density at radius 1 is 1.05 bits per heavy atom. The number of carbonyl (C=O) groups excluding carboxylic acids is 1. The lowest BCUT2D eigenvalue weighted by Crippen LogP contribution is -2.04. The van der Waals surface area contributed by atoms with Crippen molar-refractivity contribution in [3.63, 3.8) is 0 Å². The zero-order chi connectivity index (χ0) is 13.9. The number of para-hydroxylation sites is 1. The standard InChI is InChI=1S/C16H24O3/c1-3-4-5-6-7-8-11-15-12-9-10-13-16(15)19-18-14(2)17/h9-10,12-13H,3-8,11H2,1-2H3. The molecule has 0 bridgehead atoms. The Kier molecular flexibility index (Phi) is 7.71. The lowest BCUT2D eigenvalue weighted by atomic mass is 10.0. The first-order valence-corrected chi connectivity index (χ1v) is 7.17. The Morgan fingerprint density at radius 3 is 2.47 bits per heavy atom. The molecule has 1 aromatic rings. The van der Waals surface area contributed by atoms with Gasteiger partial charge in [0, 0.05) is 6.92 Å². The largest absolute Gasteiger partial charge is 0.352 e. The normalized spacial score (nSPS) is 10.2. The molecule has 1 aromatic carbocycles. The van der Waals surface area contributed by atoms with Gasteiger partial charge in [-0.1, -0.05) is 57.2 Å². The molecule has 0 saturated carbocycles. The Morgan fingerprint density at radius 2 is 1.74 bits per heavy atom. The molecule has 0 heterocycles. The maximum Gasteiger partial charge on any atom is 0.352 e. The summed E-state index contributed by atoms with van der Waals surface area (Å²) >= 11 is 0. The summed E-state index contributed by atoms with van der Waals surface area (Å²) in [5.74, 6) is 0.209. The van der Waals surface area contributed by atoms with E-state index in [4.69, 9.17) is 4.89 Å². The molecule has 0 aromatic heterocycles. The predicted molar refractivity (Wildman–Crippen MR) is 75.9 cm³/mol. The van der Waals surface area contributed by atoms with Crippen LogP contribution in [0.2, 0.25) is 0 Å². The van der Waals surface area contributed by atoms with E-state index in [1.54, 1.807) is 0 Å². The van der Waals surface area contributed by atoms with Crippen LogP contribution in [0.5, 0.6) is 5.75 Å². The van der Waals surface area contributed by atoms with Crippen LogP contribution in [0.25, 0.3) is 0 Å². The molecule has 1 rings (SSSR count). The summed E-state index contributed by atoms with van der Waals surface area (Å²) in [6.45, 7) is 3.55. The van der Waals surface area contributed by atoms with Crippen LogP contribution in [-0.4, -0.2) is 5.97 Å². The van der Waals surface area contributed by atoms with Crippen LogP contribution in [0.15, 0.2) is 24.3 Å². The topological polar surface area (TPSA) is 35.5 Å². The molecule has 0 N–H and O–H groups in total. The van der Waals surface area contributed by atoms with Gasteiger partial charge in [-0.2, -0.15) is 0 Å². The van der Waals surface area contributed by atoms with Crippen molar-refractivity contribution < 1.29 is 14.6 Å². The van der Waals surface area contributed by atoms with Crippen molar-refractivity contribution >= 4 is 5.97 Å². The number of rotatable bonds is 9. The molecule has 3 nitrogen and oxygen atoms in total. The molecule has 0 radical (unpaired) electrons. The number of hydrogen-bond donors (Lipinski definition) is 0. The van der Waals surface area contributed by atoms with Gasteiger partial charge in [0.2, 0.25) is 0 Å². The maximum absolute atomic E-state index is 10.7. The highest BCUT2D eigenvalue weighted by Gasteiger charge is 2.05. The summed E-state index contributed by atoms with van der Waals surface area (Å²) < 4.78 is 0. The van der Waals surface area contributed by atoms with E-state index >= 15 is 0 Å². The van der Waals surface area contributed by atoms with E-state index < -0.39 is 5.97 Å². The van der Waals surface area contributed by atoms with Crippen LogP contribution in [0.3, 0.4) is 0 Å². The molecular weight excluding hydrogens is 240 g/mol. The van der Waals surface area contributed by atoms with Gasteiger partial charge in [-0.05, 0) is 24.5 Å². The predicted octanol–water partition coefficient (Wildman–Crippen LogP) is 4.45. The van der Waals surface area contributed by atoms with Crippen molar-refractivity contribution in [3.05, 3.63) is 29.8 Å². The van der Waals surface area contributed by atoms with E-state index in [2.05, 4.69) is 11.8 Å². The zero-order valence-electron chi connectivity index (χ0n) is 12.0. The van der Waals surface area contributed by atoms with E-state index in [0.717, 1.165) is 18.4 Å². The van der Waals surface area contributed by atoms with E-state index in [0.29, 0.717) is 5.75 Å². The van der Waals surface area contributed by atoms with E-state index in [9.17, 15) is 4.79 Å². The fourth-order valence-electron chi connectivity index (χ4n) is 1.99. The van der Waals surface area contributed by atoms with Gasteiger partial charge in [-0.25, -0.2) is 4.79 Å². The van der Waals surface area contributed by atoms with Crippen LogP contribution in [0, 0.1) is 0 Å². The van der Waals surface area contributed by atoms with Crippen LogP contribution >= 0.6 is 0 Å². The lowest BCUT2D eigenvalue weighted by molar-refractivity contribution is -0.211. The molecule has 3 heteroatoms. The van der Waals surface area contributed by atoms with Gasteiger partial charge in [-0.15, -0.1) is 0 Å². The average molecular weight is 264 g/mol. The zero-order valence-corrected chi connectivity index (χ0v) is 12.0. The number of aryl methyl sites for hydroxylation is 1. The van der Waals surface area contributed by atoms with Crippen LogP contribution in [-0.2, 0) is 16.1 Å². The van der Waals surface area contributed by atoms with Crippen molar-refractivity contribution in [2.24, 2.45) is 0 Å². The molecule has 0 spiro atoms. The monoisotopic (exact) mass is 264 g/mol. The number of unbranched alkanes of at least 4 members (excludes halogenated alkanes) is 5. The Hall–Kier alpha value is -1.51. The minimum absolute atomic E-state index is 0.436. The summed E-state index contributed by atoms with van der Waals surface area (Å²) in [7, 11) is 0. The van der Waals surface area contributed by atoms with Crippen molar-refractivity contribution in [1.82, 2.24) is 0 Å². The maximum atomic E-state index is 10.7. The molecule has 0 atom stereocenters. The molecule has 0 aliphatic rings. The number of hydrogen-bond acceptors (Lipinski definition) is 3. The van der Waals surface area contributed by atoms with E-state index in [1.165, 1.54) is 39.0 Å². The Labute approximate surface area is 115 Å². The quantitative estimate of drug-likeness (QED) is 0.375. The van der Waals surface area contributed by atoms with Gasteiger partial charge in [0.1, 0.15) is 0 Å². The van der Waals surface area contributed by atoms with Crippen LogP contribution < -0.4 is 4.89 Å². The molecule has 106 valence electrons. The average Bonchev–Trinajstić information content (AvgIpc) is 2.41. The molecule has 0 fully saturated rings. The number of benzene rings is 1. The van der Waals surface area contributed by atoms with Crippen molar-refractivity contribution in [2.45, 2.75) is 58.8 Å². The van der Waals surface area contributed by atoms with E-state index in [-0.39, 0.29) is 0 Å². The molecule has 0 unspecified atom stereocenters. The first-order valence-electron chi connectivity index (χ1n) is 7.17. The SMILES string of the molecule is CCCCCCCCc1ccccc1OOC(C)=O. The summed E-state index contributed by atoms with van der Waals surface area (Å²) in [6, 6.07) is 7.71. The first-order chi connectivity index (χ1) is 9.24. The lowest BCUT2D eigenvalue weighted by Gasteiger charge is -2.08. The highest BCUT2D eigenvalue weighted by atomic mass is 17.2. The Balaban J connectivity index is 2.33. The van der Waals surface area contributed by atoms with Gasteiger partial charge in [0.05, 0.1) is 0 Å². The van der Waals surface area contributed by atoms with Gasteiger partial charge in [0.25, 0.3) is 0 Å². The number of carbonyl (C=O) groups is 1. The fraction of sp³-hybridized carbons (Fsp3) is 0.562. The van der Waals surface area contributed by atoms with Crippen molar-refractivity contribution in [3.8, 4) is 5.75 Å².